The molecule has 1 unspecified atom stereocenters. The Bertz CT molecular complexity index is 802. The third-order valence-electron chi connectivity index (χ3n) is 5.77. The number of nitrogens with one attached hydrogen (secondary N) is 1. The Kier molecular flexibility index (Phi) is 7.35. The zero-order valence-electron chi connectivity index (χ0n) is 16.9. The van der Waals surface area contributed by atoms with Crippen molar-refractivity contribution >= 4 is 23.4 Å². The molecule has 0 aliphatic carbocycles. The smallest absolute Gasteiger partial charge is 0.407 e. The Labute approximate surface area is 185 Å². The first-order valence-corrected chi connectivity index (χ1v) is 10.3. The molecular formula is C19H23ClF6N4O2. The minimum absolute atomic E-state index is 0.190. The maximum atomic E-state index is 13.5. The molecule has 0 bridgehead atoms. The van der Waals surface area contributed by atoms with Crippen molar-refractivity contribution in [2.24, 2.45) is 5.92 Å². The van der Waals surface area contributed by atoms with E-state index in [1.807, 2.05) is 4.90 Å². The molecule has 1 atom stereocenters. The number of hydrogen-bond donors (Lipinski definition) is 2. The van der Waals surface area contributed by atoms with Crippen molar-refractivity contribution in [2.75, 3.05) is 50.7 Å². The van der Waals surface area contributed by atoms with Gasteiger partial charge in [-0.2, -0.15) is 26.3 Å². The second-order valence-corrected chi connectivity index (χ2v) is 8.27. The lowest BCUT2D eigenvalue weighted by molar-refractivity contribution is -0.302. The molecule has 6 nitrogen and oxygen atoms in total. The van der Waals surface area contributed by atoms with Gasteiger partial charge in [-0.05, 0) is 17.7 Å². The molecule has 2 heterocycles. The van der Waals surface area contributed by atoms with E-state index in [4.69, 9.17) is 11.6 Å². The van der Waals surface area contributed by atoms with E-state index in [2.05, 4.69) is 5.32 Å². The van der Waals surface area contributed by atoms with E-state index in [1.54, 1.807) is 12.1 Å². The van der Waals surface area contributed by atoms with Crippen molar-refractivity contribution in [2.45, 2.75) is 24.9 Å². The van der Waals surface area contributed by atoms with Gasteiger partial charge in [0.25, 0.3) is 0 Å². The maximum Gasteiger partial charge on any atom is 0.407 e. The van der Waals surface area contributed by atoms with Gasteiger partial charge >= 0.3 is 18.4 Å². The van der Waals surface area contributed by atoms with Crippen molar-refractivity contribution in [1.82, 2.24) is 15.1 Å². The van der Waals surface area contributed by atoms with Gasteiger partial charge in [0.15, 0.2) is 5.92 Å². The largest absolute Gasteiger partial charge is 0.465 e. The van der Waals surface area contributed by atoms with E-state index in [9.17, 15) is 36.2 Å². The van der Waals surface area contributed by atoms with E-state index in [1.165, 1.54) is 6.07 Å². The Balaban J connectivity index is 1.95. The summed E-state index contributed by atoms with van der Waals surface area (Å²) in [6, 6.07) is 2.67. The number of carbonyl (C=O) groups is 1. The monoisotopic (exact) mass is 488 g/mol. The van der Waals surface area contributed by atoms with E-state index in [0.29, 0.717) is 47.4 Å². The fourth-order valence-corrected chi connectivity index (χ4v) is 4.41. The predicted molar refractivity (Wildman–Crippen MR) is 106 cm³/mol. The van der Waals surface area contributed by atoms with Gasteiger partial charge in [0.1, 0.15) is 0 Å². The normalized spacial score (nSPS) is 21.3. The van der Waals surface area contributed by atoms with Crippen LogP contribution in [0.2, 0.25) is 5.02 Å². The summed E-state index contributed by atoms with van der Waals surface area (Å²) in [7, 11) is 0. The average molecular weight is 489 g/mol. The van der Waals surface area contributed by atoms with Crippen molar-refractivity contribution in [3.63, 3.8) is 0 Å². The van der Waals surface area contributed by atoms with Crippen LogP contribution < -0.4 is 10.2 Å². The third kappa shape index (κ3) is 5.70. The van der Waals surface area contributed by atoms with Crippen LogP contribution in [0.5, 0.6) is 0 Å². The molecule has 180 valence electrons. The quantitative estimate of drug-likeness (QED) is 0.634. The molecule has 32 heavy (non-hydrogen) atoms. The van der Waals surface area contributed by atoms with Crippen LogP contribution in [0.15, 0.2) is 18.2 Å². The second kappa shape index (κ2) is 9.52. The van der Waals surface area contributed by atoms with Crippen molar-refractivity contribution in [3.8, 4) is 0 Å². The molecule has 0 radical (unpaired) electrons. The first-order valence-electron chi connectivity index (χ1n) is 9.97. The fraction of sp³-hybridized carbons (Fsp3) is 0.632. The number of rotatable bonds is 4. The van der Waals surface area contributed by atoms with Crippen LogP contribution in [-0.2, 0) is 6.54 Å². The van der Waals surface area contributed by atoms with E-state index in [0.717, 1.165) is 4.90 Å². The molecular weight excluding hydrogens is 466 g/mol. The molecule has 13 heteroatoms. The SMILES string of the molecule is O=C(O)N1CCN(Cc2ccc(Cl)cc2N2CCNCC2)C(C(C(F)(F)F)C(F)(F)F)C1. The van der Waals surface area contributed by atoms with Crippen LogP contribution in [0.1, 0.15) is 5.56 Å². The summed E-state index contributed by atoms with van der Waals surface area (Å²) in [5.41, 5.74) is 1.18. The summed E-state index contributed by atoms with van der Waals surface area (Å²) in [6.45, 7) is 1.03. The number of benzene rings is 1. The first kappa shape index (κ1) is 24.7. The number of amides is 1. The summed E-state index contributed by atoms with van der Waals surface area (Å²) in [5.74, 6) is -3.67. The summed E-state index contributed by atoms with van der Waals surface area (Å²) >= 11 is 6.11. The predicted octanol–water partition coefficient (Wildman–Crippen LogP) is 3.65. The molecule has 1 amide bonds. The van der Waals surface area contributed by atoms with E-state index < -0.39 is 37.0 Å². The summed E-state index contributed by atoms with van der Waals surface area (Å²) < 4.78 is 81.1. The molecule has 2 aliphatic heterocycles. The van der Waals surface area contributed by atoms with Crippen LogP contribution in [0, 0.1) is 5.92 Å². The van der Waals surface area contributed by atoms with Crippen LogP contribution in [0.3, 0.4) is 0 Å². The number of piperazine rings is 2. The highest BCUT2D eigenvalue weighted by atomic mass is 35.5. The molecule has 3 rings (SSSR count). The van der Waals surface area contributed by atoms with Crippen molar-refractivity contribution < 1.29 is 36.2 Å². The standard InChI is InChI=1S/C19H23ClF6N4O2/c20-13-2-1-12(14(9-13)28-5-3-27-4-6-28)10-29-7-8-30(17(31)32)11-15(29)16(18(21,22)23)19(24,25)26/h1-2,9,15-16,27H,3-8,10-11H2,(H,31,32). The first-order chi connectivity index (χ1) is 14.9. The molecule has 0 aromatic heterocycles. The van der Waals surface area contributed by atoms with Crippen LogP contribution in [0.4, 0.5) is 36.8 Å². The van der Waals surface area contributed by atoms with E-state index >= 15 is 0 Å². The molecule has 2 saturated heterocycles. The minimum Gasteiger partial charge on any atom is -0.465 e. The average Bonchev–Trinajstić information content (AvgIpc) is 2.69. The van der Waals surface area contributed by atoms with Gasteiger partial charge in [0.05, 0.1) is 0 Å². The van der Waals surface area contributed by atoms with E-state index in [-0.39, 0.29) is 19.6 Å². The Morgan fingerprint density at radius 2 is 1.72 bits per heavy atom. The fourth-order valence-electron chi connectivity index (χ4n) is 4.25. The number of anilines is 1. The number of hydrogen-bond acceptors (Lipinski definition) is 4. The van der Waals surface area contributed by atoms with Crippen LogP contribution in [-0.4, -0.2) is 85.2 Å². The third-order valence-corrected chi connectivity index (χ3v) is 6.01. The zero-order valence-corrected chi connectivity index (χ0v) is 17.6. The lowest BCUT2D eigenvalue weighted by atomic mass is 9.93. The number of carboxylic acid groups (broad SMARTS) is 1. The lowest BCUT2D eigenvalue weighted by Gasteiger charge is -2.45. The van der Waals surface area contributed by atoms with Crippen LogP contribution >= 0.6 is 11.6 Å². The number of nitrogens with zero attached hydrogens (tertiary/aromatic N) is 3. The molecule has 0 spiro atoms. The van der Waals surface area contributed by atoms with Gasteiger partial charge in [0, 0.05) is 69.1 Å². The Morgan fingerprint density at radius 3 is 2.28 bits per heavy atom. The molecule has 2 N–H and O–H groups in total. The summed E-state index contributed by atoms with van der Waals surface area (Å²) in [5, 5.41) is 12.8. The maximum absolute atomic E-state index is 13.5. The highest BCUT2D eigenvalue weighted by Gasteiger charge is 2.62. The number of halogens is 7. The molecule has 1 aromatic carbocycles. The molecule has 1 aromatic rings. The minimum atomic E-state index is -5.58. The molecule has 2 aliphatic rings. The lowest BCUT2D eigenvalue weighted by Crippen LogP contribution is -2.62. The van der Waals surface area contributed by atoms with Gasteiger partial charge < -0.3 is 20.2 Å². The van der Waals surface area contributed by atoms with Gasteiger partial charge in [-0.15, -0.1) is 0 Å². The van der Waals surface area contributed by atoms with Gasteiger partial charge in [-0.1, -0.05) is 17.7 Å². The molecule has 0 saturated carbocycles. The Hall–Kier alpha value is -1.92. The van der Waals surface area contributed by atoms with Crippen molar-refractivity contribution in [3.05, 3.63) is 28.8 Å². The highest BCUT2D eigenvalue weighted by molar-refractivity contribution is 6.30. The highest BCUT2D eigenvalue weighted by Crippen LogP contribution is 2.44. The molecule has 2 fully saturated rings. The second-order valence-electron chi connectivity index (χ2n) is 7.84. The topological polar surface area (TPSA) is 59.1 Å². The summed E-state index contributed by atoms with van der Waals surface area (Å²) in [6.07, 6.45) is -12.7. The zero-order chi connectivity index (χ0) is 23.7. The van der Waals surface area contributed by atoms with Gasteiger partial charge in [-0.25, -0.2) is 4.79 Å². The van der Waals surface area contributed by atoms with Crippen molar-refractivity contribution in [1.29, 1.82) is 0 Å². The Morgan fingerprint density at radius 1 is 1.09 bits per heavy atom. The number of alkyl halides is 6. The summed E-state index contributed by atoms with van der Waals surface area (Å²) in [4.78, 5) is 15.0. The van der Waals surface area contributed by atoms with Crippen LogP contribution in [0.25, 0.3) is 0 Å². The van der Waals surface area contributed by atoms with Gasteiger partial charge in [0.2, 0.25) is 0 Å². The van der Waals surface area contributed by atoms with Gasteiger partial charge in [-0.3, -0.25) is 4.90 Å².